The summed E-state index contributed by atoms with van der Waals surface area (Å²) < 4.78 is 7.85. The summed E-state index contributed by atoms with van der Waals surface area (Å²) in [6.07, 6.45) is 3.17. The molecule has 0 aliphatic rings. The van der Waals surface area contributed by atoms with Crippen LogP contribution in [0.15, 0.2) is 16.9 Å². The van der Waals surface area contributed by atoms with Crippen LogP contribution in [-0.2, 0) is 11.8 Å². The number of rotatable bonds is 4. The zero-order valence-electron chi connectivity index (χ0n) is 15.4. The topological polar surface area (TPSA) is 68.5 Å². The van der Waals surface area contributed by atoms with E-state index in [2.05, 4.69) is 0 Å². The van der Waals surface area contributed by atoms with E-state index in [1.807, 2.05) is 20.8 Å². The lowest BCUT2D eigenvalue weighted by atomic mass is 9.91. The molecule has 0 bridgehead atoms. The quantitative estimate of drug-likeness (QED) is 0.863. The molecule has 0 amide bonds. The Labute approximate surface area is 160 Å². The van der Waals surface area contributed by atoms with Crippen LogP contribution in [-0.4, -0.2) is 22.1 Å². The van der Waals surface area contributed by atoms with Crippen molar-refractivity contribution in [2.75, 3.05) is 6.61 Å². The van der Waals surface area contributed by atoms with Gasteiger partial charge < -0.3 is 14.4 Å². The van der Waals surface area contributed by atoms with E-state index in [0.717, 1.165) is 0 Å². The van der Waals surface area contributed by atoms with Crippen molar-refractivity contribution in [1.82, 2.24) is 4.57 Å². The summed E-state index contributed by atoms with van der Waals surface area (Å²) in [5.41, 5.74) is -0.0881. The SMILES string of the molecule is CCOc1cc(/C=c2\s/c(=C\C(=O)C(C)(C)C)n(C)c2=O)cc(Cl)c1O. The summed E-state index contributed by atoms with van der Waals surface area (Å²) in [4.78, 5) is 24.7. The van der Waals surface area contributed by atoms with E-state index in [1.54, 1.807) is 32.2 Å². The zero-order chi connectivity index (χ0) is 19.6. The number of hydrogen-bond acceptors (Lipinski definition) is 5. The average Bonchev–Trinajstić information content (AvgIpc) is 2.79. The first kappa shape index (κ1) is 20.3. The molecular weight excluding hydrogens is 374 g/mol. The third-order valence-electron chi connectivity index (χ3n) is 3.70. The van der Waals surface area contributed by atoms with Gasteiger partial charge in [-0.05, 0) is 30.7 Å². The molecule has 0 atom stereocenters. The Hall–Kier alpha value is -2.05. The number of benzene rings is 1. The number of thiazole rings is 1. The van der Waals surface area contributed by atoms with Gasteiger partial charge in [0.05, 0.1) is 16.2 Å². The predicted molar refractivity (Wildman–Crippen MR) is 106 cm³/mol. The van der Waals surface area contributed by atoms with Gasteiger partial charge in [-0.15, -0.1) is 11.3 Å². The standard InChI is InChI=1S/C19H22ClNO4S/c1-6-25-13-8-11(7-12(20)17(13)23)9-14-18(24)21(5)16(26-14)10-15(22)19(2,3)4/h7-10,23H,6H2,1-5H3/b14-9-,16-10-. The third-order valence-corrected chi connectivity index (χ3v) is 5.10. The van der Waals surface area contributed by atoms with Crippen LogP contribution in [0.2, 0.25) is 5.02 Å². The van der Waals surface area contributed by atoms with Gasteiger partial charge >= 0.3 is 0 Å². The Morgan fingerprint density at radius 2 is 2.04 bits per heavy atom. The van der Waals surface area contributed by atoms with Gasteiger partial charge in [0.15, 0.2) is 17.3 Å². The number of carbonyl (C=O) groups excluding carboxylic acids is 1. The Bertz CT molecular complexity index is 1010. The second-order valence-corrected chi connectivity index (χ2v) is 8.32. The van der Waals surface area contributed by atoms with Crippen LogP contribution < -0.4 is 19.5 Å². The summed E-state index contributed by atoms with van der Waals surface area (Å²) in [7, 11) is 1.63. The smallest absolute Gasteiger partial charge is 0.268 e. The molecule has 7 heteroatoms. The van der Waals surface area contributed by atoms with Crippen molar-refractivity contribution in [3.05, 3.63) is 42.3 Å². The number of ketones is 1. The van der Waals surface area contributed by atoms with Crippen molar-refractivity contribution < 1.29 is 14.6 Å². The summed E-state index contributed by atoms with van der Waals surface area (Å²) in [6.45, 7) is 7.67. The van der Waals surface area contributed by atoms with Gasteiger partial charge in [-0.3, -0.25) is 9.59 Å². The van der Waals surface area contributed by atoms with Gasteiger partial charge in [0.1, 0.15) is 4.66 Å². The Morgan fingerprint density at radius 1 is 1.38 bits per heavy atom. The molecule has 2 rings (SSSR count). The molecule has 1 N–H and O–H groups in total. The summed E-state index contributed by atoms with van der Waals surface area (Å²) in [6, 6.07) is 3.18. The van der Waals surface area contributed by atoms with Crippen molar-refractivity contribution in [2.24, 2.45) is 12.5 Å². The van der Waals surface area contributed by atoms with E-state index < -0.39 is 5.41 Å². The van der Waals surface area contributed by atoms with E-state index in [9.17, 15) is 14.7 Å². The number of hydrogen-bond donors (Lipinski definition) is 1. The molecule has 0 saturated carbocycles. The second-order valence-electron chi connectivity index (χ2n) is 6.85. The molecule has 140 valence electrons. The lowest BCUT2D eigenvalue weighted by Crippen LogP contribution is -2.30. The van der Waals surface area contributed by atoms with Crippen LogP contribution in [0.3, 0.4) is 0 Å². The van der Waals surface area contributed by atoms with Crippen molar-refractivity contribution in [3.63, 3.8) is 0 Å². The minimum Gasteiger partial charge on any atom is -0.503 e. The van der Waals surface area contributed by atoms with Crippen molar-refractivity contribution in [1.29, 1.82) is 0 Å². The number of ether oxygens (including phenoxy) is 1. The summed E-state index contributed by atoms with van der Waals surface area (Å²) in [5.74, 6) is 0.0797. The molecule has 26 heavy (non-hydrogen) atoms. The molecule has 0 aliphatic carbocycles. The number of aromatic hydroxyl groups is 1. The van der Waals surface area contributed by atoms with Crippen LogP contribution in [0.1, 0.15) is 33.3 Å². The van der Waals surface area contributed by atoms with Gasteiger partial charge in [-0.1, -0.05) is 32.4 Å². The number of nitrogens with zero attached hydrogens (tertiary/aromatic N) is 1. The average molecular weight is 396 g/mol. The van der Waals surface area contributed by atoms with Crippen LogP contribution in [0, 0.1) is 5.41 Å². The highest BCUT2D eigenvalue weighted by Crippen LogP contribution is 2.35. The molecule has 0 radical (unpaired) electrons. The largest absolute Gasteiger partial charge is 0.503 e. The van der Waals surface area contributed by atoms with E-state index in [0.29, 0.717) is 21.4 Å². The zero-order valence-corrected chi connectivity index (χ0v) is 17.0. The molecule has 0 fully saturated rings. The molecule has 0 saturated heterocycles. The monoisotopic (exact) mass is 395 g/mol. The highest BCUT2D eigenvalue weighted by molar-refractivity contribution is 7.07. The number of Topliss-reactive ketones (excluding diaryl/α,β-unsaturated/α-hetero) is 1. The third kappa shape index (κ3) is 4.37. The van der Waals surface area contributed by atoms with Gasteiger partial charge in [-0.2, -0.15) is 0 Å². The first-order valence-electron chi connectivity index (χ1n) is 8.13. The van der Waals surface area contributed by atoms with Gasteiger partial charge in [0, 0.05) is 18.5 Å². The maximum atomic E-state index is 12.5. The normalized spacial score (nSPS) is 13.3. The number of phenols is 1. The number of aromatic nitrogens is 1. The van der Waals surface area contributed by atoms with Crippen LogP contribution in [0.5, 0.6) is 11.5 Å². The van der Waals surface area contributed by atoms with Crippen LogP contribution in [0.25, 0.3) is 12.2 Å². The van der Waals surface area contributed by atoms with E-state index in [-0.39, 0.29) is 27.9 Å². The molecule has 5 nitrogen and oxygen atoms in total. The predicted octanol–water partition coefficient (Wildman–Crippen LogP) is 2.43. The first-order valence-corrected chi connectivity index (χ1v) is 9.33. The Balaban J connectivity index is 2.61. The molecule has 1 heterocycles. The van der Waals surface area contributed by atoms with Gasteiger partial charge in [0.2, 0.25) is 0 Å². The van der Waals surface area contributed by atoms with E-state index >= 15 is 0 Å². The van der Waals surface area contributed by atoms with Gasteiger partial charge in [-0.25, -0.2) is 0 Å². The minimum absolute atomic E-state index is 0.0489. The lowest BCUT2D eigenvalue weighted by Gasteiger charge is -2.12. The van der Waals surface area contributed by atoms with E-state index in [1.165, 1.54) is 22.0 Å². The molecule has 1 aromatic carbocycles. The highest BCUT2D eigenvalue weighted by Gasteiger charge is 2.19. The maximum absolute atomic E-state index is 12.5. The molecule has 0 aliphatic heterocycles. The molecular formula is C19H22ClNO4S. The highest BCUT2D eigenvalue weighted by atomic mass is 35.5. The minimum atomic E-state index is -0.513. The molecule has 0 spiro atoms. The number of carbonyl (C=O) groups is 1. The summed E-state index contributed by atoms with van der Waals surface area (Å²) >= 11 is 7.26. The summed E-state index contributed by atoms with van der Waals surface area (Å²) in [5, 5.41) is 10.1. The lowest BCUT2D eigenvalue weighted by molar-refractivity contribution is -0.120. The van der Waals surface area contributed by atoms with Gasteiger partial charge in [0.25, 0.3) is 5.56 Å². The molecule has 1 aromatic heterocycles. The van der Waals surface area contributed by atoms with Crippen molar-refractivity contribution >= 4 is 40.9 Å². The fourth-order valence-corrected chi connectivity index (χ4v) is 3.38. The van der Waals surface area contributed by atoms with E-state index in [4.69, 9.17) is 16.3 Å². The van der Waals surface area contributed by atoms with Crippen molar-refractivity contribution in [3.8, 4) is 11.5 Å². The number of halogens is 1. The molecule has 0 unspecified atom stereocenters. The van der Waals surface area contributed by atoms with Crippen molar-refractivity contribution in [2.45, 2.75) is 27.7 Å². The Morgan fingerprint density at radius 3 is 2.62 bits per heavy atom. The Kier molecular flexibility index (Phi) is 5.98. The fourth-order valence-electron chi connectivity index (χ4n) is 2.13. The fraction of sp³-hybridized carbons (Fsp3) is 0.368. The second kappa shape index (κ2) is 7.68. The maximum Gasteiger partial charge on any atom is 0.268 e. The number of phenolic OH excluding ortho intramolecular Hbond substituents is 1. The first-order chi connectivity index (χ1) is 12.0. The molecule has 2 aromatic rings. The van der Waals surface area contributed by atoms with Crippen LogP contribution >= 0.6 is 22.9 Å². The van der Waals surface area contributed by atoms with Crippen LogP contribution in [0.4, 0.5) is 0 Å².